The van der Waals surface area contributed by atoms with Crippen molar-refractivity contribution < 1.29 is 4.74 Å². The lowest BCUT2D eigenvalue weighted by Gasteiger charge is -2.38. The maximum absolute atomic E-state index is 5.13. The van der Waals surface area contributed by atoms with Crippen LogP contribution in [0, 0.1) is 5.92 Å². The predicted molar refractivity (Wildman–Crippen MR) is 131 cm³/mol. The molecule has 1 aromatic heterocycles. The van der Waals surface area contributed by atoms with E-state index in [4.69, 9.17) is 9.73 Å². The minimum atomic E-state index is 0. The summed E-state index contributed by atoms with van der Waals surface area (Å²) in [6.45, 7) is 8.60. The summed E-state index contributed by atoms with van der Waals surface area (Å²) in [5.74, 6) is 1.50. The molecule has 0 saturated carbocycles. The number of piperidine rings is 1. The smallest absolute Gasteiger partial charge is 0.191 e. The number of likely N-dealkylation sites (tertiary alicyclic amines) is 1. The molecule has 2 heterocycles. The first-order valence-electron chi connectivity index (χ1n) is 10.1. The molecule has 0 aromatic carbocycles. The fourth-order valence-corrected chi connectivity index (χ4v) is 4.62. The van der Waals surface area contributed by atoms with Crippen molar-refractivity contribution in [2.24, 2.45) is 10.9 Å². The largest absolute Gasteiger partial charge is 0.383 e. The van der Waals surface area contributed by atoms with Crippen LogP contribution in [0.5, 0.6) is 0 Å². The van der Waals surface area contributed by atoms with E-state index >= 15 is 0 Å². The van der Waals surface area contributed by atoms with Crippen molar-refractivity contribution in [3.63, 3.8) is 0 Å². The average Bonchev–Trinajstić information content (AvgIpc) is 3.18. The second-order valence-electron chi connectivity index (χ2n) is 7.29. The SMILES string of the molecule is CCNC(=NCC1CCCN(C)C1c1cccs1)NCCN(C)CCOC.I. The van der Waals surface area contributed by atoms with Gasteiger partial charge in [0.25, 0.3) is 0 Å². The van der Waals surface area contributed by atoms with Gasteiger partial charge in [0.1, 0.15) is 0 Å². The van der Waals surface area contributed by atoms with Gasteiger partial charge in [0.15, 0.2) is 5.96 Å². The first-order chi connectivity index (χ1) is 13.2. The van der Waals surface area contributed by atoms with E-state index in [0.29, 0.717) is 12.0 Å². The summed E-state index contributed by atoms with van der Waals surface area (Å²) >= 11 is 1.87. The number of hydrogen-bond acceptors (Lipinski definition) is 5. The molecular formula is C20H38IN5OS. The number of aliphatic imine (C=N–C) groups is 1. The Bertz CT molecular complexity index is 543. The Labute approximate surface area is 192 Å². The lowest BCUT2D eigenvalue weighted by atomic mass is 9.88. The molecule has 1 aliphatic heterocycles. The highest BCUT2D eigenvalue weighted by atomic mass is 127. The van der Waals surface area contributed by atoms with Gasteiger partial charge < -0.3 is 20.3 Å². The number of likely N-dealkylation sites (N-methyl/N-ethyl adjacent to an activating group) is 1. The molecule has 28 heavy (non-hydrogen) atoms. The number of hydrogen-bond donors (Lipinski definition) is 2. The Hall–Kier alpha value is -0.420. The van der Waals surface area contributed by atoms with Crippen LogP contribution in [0.15, 0.2) is 22.5 Å². The Morgan fingerprint density at radius 2 is 2.21 bits per heavy atom. The first kappa shape index (κ1) is 25.6. The summed E-state index contributed by atoms with van der Waals surface area (Å²) in [7, 11) is 6.11. The van der Waals surface area contributed by atoms with Crippen molar-refractivity contribution in [3.05, 3.63) is 22.4 Å². The number of guanidine groups is 1. The third kappa shape index (κ3) is 8.52. The number of ether oxygens (including phenoxy) is 1. The van der Waals surface area contributed by atoms with Crippen molar-refractivity contribution in [1.82, 2.24) is 20.4 Å². The molecule has 2 rings (SSSR count). The number of methoxy groups -OCH3 is 1. The maximum Gasteiger partial charge on any atom is 0.191 e. The number of rotatable bonds is 10. The summed E-state index contributed by atoms with van der Waals surface area (Å²) in [5.41, 5.74) is 0. The van der Waals surface area contributed by atoms with Crippen LogP contribution in [-0.4, -0.2) is 82.8 Å². The molecule has 2 N–H and O–H groups in total. The molecule has 1 aliphatic rings. The van der Waals surface area contributed by atoms with Crippen LogP contribution in [0.25, 0.3) is 0 Å². The molecule has 8 heteroatoms. The van der Waals surface area contributed by atoms with Gasteiger partial charge in [0, 0.05) is 50.8 Å². The van der Waals surface area contributed by atoms with Crippen LogP contribution in [0.2, 0.25) is 0 Å². The van der Waals surface area contributed by atoms with E-state index in [1.54, 1.807) is 7.11 Å². The zero-order chi connectivity index (χ0) is 19.5. The fraction of sp³-hybridized carbons (Fsp3) is 0.750. The highest BCUT2D eigenvalue weighted by molar-refractivity contribution is 14.0. The summed E-state index contributed by atoms with van der Waals surface area (Å²) in [4.78, 5) is 11.2. The van der Waals surface area contributed by atoms with Gasteiger partial charge in [-0.15, -0.1) is 35.3 Å². The van der Waals surface area contributed by atoms with Gasteiger partial charge in [-0.2, -0.15) is 0 Å². The molecule has 6 nitrogen and oxygen atoms in total. The molecule has 0 aliphatic carbocycles. The Kier molecular flexibility index (Phi) is 13.3. The zero-order valence-corrected chi connectivity index (χ0v) is 21.0. The van der Waals surface area contributed by atoms with Crippen LogP contribution in [0.4, 0.5) is 0 Å². The Morgan fingerprint density at radius 1 is 1.39 bits per heavy atom. The van der Waals surface area contributed by atoms with Gasteiger partial charge in [-0.3, -0.25) is 9.89 Å². The third-order valence-corrected chi connectivity index (χ3v) is 6.08. The summed E-state index contributed by atoms with van der Waals surface area (Å²) in [6, 6.07) is 4.92. The number of nitrogens with zero attached hydrogens (tertiary/aromatic N) is 3. The van der Waals surface area contributed by atoms with E-state index in [-0.39, 0.29) is 24.0 Å². The highest BCUT2D eigenvalue weighted by Gasteiger charge is 2.31. The van der Waals surface area contributed by atoms with Gasteiger partial charge in [-0.05, 0) is 57.8 Å². The number of halogens is 1. The fourth-order valence-electron chi connectivity index (χ4n) is 3.63. The Balaban J connectivity index is 0.00000392. The molecule has 162 valence electrons. The Morgan fingerprint density at radius 3 is 2.89 bits per heavy atom. The van der Waals surface area contributed by atoms with Gasteiger partial charge in [-0.1, -0.05) is 6.07 Å². The molecular weight excluding hydrogens is 485 g/mol. The third-order valence-electron chi connectivity index (χ3n) is 5.13. The second kappa shape index (κ2) is 14.5. The highest BCUT2D eigenvalue weighted by Crippen LogP contribution is 2.37. The van der Waals surface area contributed by atoms with Crippen LogP contribution >= 0.6 is 35.3 Å². The topological polar surface area (TPSA) is 52.1 Å². The van der Waals surface area contributed by atoms with Crippen molar-refractivity contribution >= 4 is 41.3 Å². The van der Waals surface area contributed by atoms with Crippen molar-refractivity contribution in [1.29, 1.82) is 0 Å². The molecule has 2 unspecified atom stereocenters. The normalized spacial score (nSPS) is 20.8. The minimum Gasteiger partial charge on any atom is -0.383 e. The number of thiophene rings is 1. The van der Waals surface area contributed by atoms with Crippen molar-refractivity contribution in [2.45, 2.75) is 25.8 Å². The second-order valence-corrected chi connectivity index (χ2v) is 8.26. The maximum atomic E-state index is 5.13. The van der Waals surface area contributed by atoms with E-state index in [1.165, 1.54) is 24.3 Å². The average molecular weight is 524 g/mol. The first-order valence-corrected chi connectivity index (χ1v) is 11.0. The summed E-state index contributed by atoms with van der Waals surface area (Å²) in [6.07, 6.45) is 2.50. The minimum absolute atomic E-state index is 0. The van der Waals surface area contributed by atoms with Crippen LogP contribution < -0.4 is 10.6 Å². The van der Waals surface area contributed by atoms with Crippen LogP contribution in [0.1, 0.15) is 30.7 Å². The number of nitrogens with one attached hydrogen (secondary N) is 2. The quantitative estimate of drug-likeness (QED) is 0.281. The monoisotopic (exact) mass is 523 g/mol. The van der Waals surface area contributed by atoms with Gasteiger partial charge in [0.05, 0.1) is 6.61 Å². The molecule has 0 spiro atoms. The molecule has 1 aromatic rings. The van der Waals surface area contributed by atoms with E-state index in [1.807, 2.05) is 11.3 Å². The lowest BCUT2D eigenvalue weighted by molar-refractivity contribution is 0.128. The van der Waals surface area contributed by atoms with Crippen LogP contribution in [-0.2, 0) is 4.74 Å². The van der Waals surface area contributed by atoms with Crippen molar-refractivity contribution in [2.75, 3.05) is 67.1 Å². The summed E-state index contributed by atoms with van der Waals surface area (Å²) in [5, 5.41) is 9.04. The van der Waals surface area contributed by atoms with Gasteiger partial charge in [0.2, 0.25) is 0 Å². The molecule has 1 saturated heterocycles. The lowest BCUT2D eigenvalue weighted by Crippen LogP contribution is -2.42. The van der Waals surface area contributed by atoms with E-state index < -0.39 is 0 Å². The molecule has 0 amide bonds. The van der Waals surface area contributed by atoms with E-state index in [9.17, 15) is 0 Å². The standard InChI is InChI=1S/C20H37N5OS.HI/c1-5-21-20(22-10-12-24(2)13-14-26-4)23-16-17-8-6-11-25(3)19(17)18-9-7-15-27-18;/h7,9,15,17,19H,5-6,8,10-14,16H2,1-4H3,(H2,21,22,23);1H. The van der Waals surface area contributed by atoms with Gasteiger partial charge >= 0.3 is 0 Å². The summed E-state index contributed by atoms with van der Waals surface area (Å²) < 4.78 is 5.13. The molecule has 0 radical (unpaired) electrons. The van der Waals surface area contributed by atoms with E-state index in [0.717, 1.165) is 45.3 Å². The van der Waals surface area contributed by atoms with Crippen LogP contribution in [0.3, 0.4) is 0 Å². The predicted octanol–water partition coefficient (Wildman–Crippen LogP) is 2.88. The van der Waals surface area contributed by atoms with E-state index in [2.05, 4.69) is 59.0 Å². The molecule has 2 atom stereocenters. The molecule has 1 fully saturated rings. The molecule has 0 bridgehead atoms. The van der Waals surface area contributed by atoms with Gasteiger partial charge in [-0.25, -0.2) is 0 Å². The van der Waals surface area contributed by atoms with Crippen molar-refractivity contribution in [3.8, 4) is 0 Å². The zero-order valence-electron chi connectivity index (χ0n) is 17.8.